The molecule has 0 aliphatic rings. The molecule has 0 saturated carbocycles. The topological polar surface area (TPSA) is 231 Å². The number of carboxylic acid groups (broad SMARTS) is 1. The number of hydrogen-bond donors (Lipinski definition) is 3. The van der Waals surface area contributed by atoms with Gasteiger partial charge >= 0.3 is 11.9 Å². The molecule has 0 aliphatic heterocycles. The predicted octanol–water partition coefficient (Wildman–Crippen LogP) is 11.5. The van der Waals surface area contributed by atoms with Crippen LogP contribution in [0.15, 0.2) is 109 Å². The van der Waals surface area contributed by atoms with Gasteiger partial charge in [-0.2, -0.15) is 0 Å². The molecule has 4 aromatic carbocycles. The van der Waals surface area contributed by atoms with Crippen molar-refractivity contribution in [3.8, 4) is 11.5 Å². The van der Waals surface area contributed by atoms with Crippen LogP contribution >= 0.6 is 0 Å². The van der Waals surface area contributed by atoms with E-state index in [0.717, 1.165) is 54.9 Å². The molecule has 0 spiro atoms. The van der Waals surface area contributed by atoms with Crippen LogP contribution in [0.5, 0.6) is 11.5 Å². The second-order valence-corrected chi connectivity index (χ2v) is 24.4. The van der Waals surface area contributed by atoms with Crippen molar-refractivity contribution in [1.82, 2.24) is 10.6 Å². The normalized spacial score (nSPS) is 12.7. The third-order valence-electron chi connectivity index (χ3n) is 14.1. The van der Waals surface area contributed by atoms with Crippen LogP contribution < -0.4 is 30.9 Å². The molecule has 4 aromatic rings. The first-order chi connectivity index (χ1) is 40.5. The molecule has 15 nitrogen and oxygen atoms in total. The molecular weight excluding hydrogens is 1070 g/mol. The molecule has 0 aromatic heterocycles. The Kier molecular flexibility index (Phi) is 34.4. The van der Waals surface area contributed by atoms with Gasteiger partial charge in [0.1, 0.15) is 42.0 Å². The standard InChI is InChI=1S/C68H97N3O10.C2H4O2/c1-8-9-10-11-12-13-14-15-16-17-18-19-20-27-44-70-65(76)55(36-42-63(74)78-49-53-28-23-21-24-29-53)47-62(73)60(41-43-64(75)79-50-54-30-25-22-26-31-54)71-66(77)56(45-51-32-37-57(38-33-51)80-67(2,3)4)48-61(72)59(69)46-52-34-39-58(40-35-52)81-68(5,6)7;1-2(3)4/h21-26,28-35,37-40,55-56,59-60H,8-20,27,36,41-50,69H2,1-7H3,(H,70,76)(H,71,77);1H3,(H,3,4)/t55-,56-,59+,60+;/m0./s1. The van der Waals surface area contributed by atoms with Crippen LogP contribution in [0.4, 0.5) is 0 Å². The minimum atomic E-state index is -1.24. The van der Waals surface area contributed by atoms with E-state index >= 15 is 0 Å². The van der Waals surface area contributed by atoms with Gasteiger partial charge in [-0.1, -0.05) is 175 Å². The van der Waals surface area contributed by atoms with Crippen LogP contribution in [-0.2, 0) is 69.1 Å². The molecule has 4 atom stereocenters. The van der Waals surface area contributed by atoms with Gasteiger partial charge in [0.05, 0.1) is 6.04 Å². The molecule has 15 heteroatoms. The molecule has 2 amide bonds. The first kappa shape index (κ1) is 72.4. The molecular formula is C70H101N3O12. The Morgan fingerprint density at radius 1 is 0.494 bits per heavy atom. The maximum absolute atomic E-state index is 14.8. The van der Waals surface area contributed by atoms with Gasteiger partial charge in [0.15, 0.2) is 11.6 Å². The maximum Gasteiger partial charge on any atom is 0.306 e. The summed E-state index contributed by atoms with van der Waals surface area (Å²) in [6.45, 7) is 15.5. The average Bonchev–Trinajstić information content (AvgIpc) is 3.67. The molecule has 0 radical (unpaired) electrons. The molecule has 4 rings (SSSR count). The molecule has 0 unspecified atom stereocenters. The first-order valence-electron chi connectivity index (χ1n) is 31.1. The van der Waals surface area contributed by atoms with Crippen LogP contribution in [0.2, 0.25) is 0 Å². The van der Waals surface area contributed by atoms with Crippen LogP contribution in [0.3, 0.4) is 0 Å². The number of aliphatic carboxylic acids is 1. The van der Waals surface area contributed by atoms with E-state index in [2.05, 4.69) is 23.3 Å². The molecule has 85 heavy (non-hydrogen) atoms. The van der Waals surface area contributed by atoms with E-state index < -0.39 is 59.1 Å². The number of hydrogen-bond acceptors (Lipinski definition) is 12. The molecule has 468 valence electrons. The Labute approximate surface area is 507 Å². The minimum absolute atomic E-state index is 0.0208. The van der Waals surface area contributed by atoms with Gasteiger partial charge in [-0.3, -0.25) is 28.8 Å². The Hall–Kier alpha value is -6.87. The van der Waals surface area contributed by atoms with Crippen molar-refractivity contribution >= 4 is 41.3 Å². The largest absolute Gasteiger partial charge is 0.550 e. The quantitative estimate of drug-likeness (QED) is 0.0279. The van der Waals surface area contributed by atoms with Crippen LogP contribution in [0, 0.1) is 11.8 Å². The number of Topliss-reactive ketones (excluding diaryl/α,β-unsaturated/α-hetero) is 2. The van der Waals surface area contributed by atoms with Crippen molar-refractivity contribution in [1.29, 1.82) is 0 Å². The van der Waals surface area contributed by atoms with Crippen molar-refractivity contribution in [2.45, 2.75) is 233 Å². The average molecular weight is 1180 g/mol. The maximum atomic E-state index is 14.8. The van der Waals surface area contributed by atoms with Gasteiger partial charge in [-0.15, -0.1) is 0 Å². The molecule has 0 fully saturated rings. The van der Waals surface area contributed by atoms with Crippen molar-refractivity contribution in [2.24, 2.45) is 11.8 Å². The van der Waals surface area contributed by atoms with Crippen molar-refractivity contribution < 1.29 is 63.3 Å². The number of amides is 2. The van der Waals surface area contributed by atoms with Crippen LogP contribution in [0.25, 0.3) is 0 Å². The highest BCUT2D eigenvalue weighted by Crippen LogP contribution is 2.25. The molecule has 0 heterocycles. The zero-order chi connectivity index (χ0) is 62.5. The summed E-state index contributed by atoms with van der Waals surface area (Å²) in [7, 11) is 0. The number of quaternary nitrogens is 1. The minimum Gasteiger partial charge on any atom is -0.550 e. The van der Waals surface area contributed by atoms with Gasteiger partial charge in [0.2, 0.25) is 11.8 Å². The van der Waals surface area contributed by atoms with E-state index in [1.807, 2.05) is 151 Å². The molecule has 0 bridgehead atoms. The SMILES string of the molecule is CC(=O)[O-].CCCCCCCCCCCCCCCCNC(=O)[C@@H](CCC(=O)OCc1ccccc1)CC(=O)[C@@H](CCC(=O)OCc1ccccc1)NC(=O)[C@H](CC(=O)[C@H]([NH3+])Cc1ccc(OC(C)(C)C)cc1)Cc1ccc(OC(C)(C)C)cc1. The number of carbonyl (C=O) groups is 7. The monoisotopic (exact) mass is 1180 g/mol. The second-order valence-electron chi connectivity index (χ2n) is 24.4. The number of carbonyl (C=O) groups excluding carboxylic acids is 7. The highest BCUT2D eigenvalue weighted by Gasteiger charge is 2.33. The van der Waals surface area contributed by atoms with Gasteiger partial charge in [0.25, 0.3) is 0 Å². The van der Waals surface area contributed by atoms with E-state index in [0.29, 0.717) is 24.5 Å². The van der Waals surface area contributed by atoms with Gasteiger partial charge in [-0.05, 0) is 121 Å². The highest BCUT2D eigenvalue weighted by molar-refractivity contribution is 5.95. The number of ketones is 2. The highest BCUT2D eigenvalue weighted by atomic mass is 16.5. The lowest BCUT2D eigenvalue weighted by Gasteiger charge is -2.24. The van der Waals surface area contributed by atoms with Gasteiger partial charge in [0, 0.05) is 56.5 Å². The number of unbranched alkanes of at least 4 members (excludes halogenated alkanes) is 13. The van der Waals surface area contributed by atoms with Gasteiger partial charge in [-0.25, -0.2) is 0 Å². The van der Waals surface area contributed by atoms with Crippen molar-refractivity contribution in [3.05, 3.63) is 131 Å². The summed E-state index contributed by atoms with van der Waals surface area (Å²) in [4.78, 5) is 93.2. The summed E-state index contributed by atoms with van der Waals surface area (Å²) in [5.41, 5.74) is 6.66. The lowest BCUT2D eigenvalue weighted by Crippen LogP contribution is -2.66. The lowest BCUT2D eigenvalue weighted by atomic mass is 9.88. The number of benzene rings is 4. The van der Waals surface area contributed by atoms with E-state index in [1.54, 1.807) is 0 Å². The Morgan fingerprint density at radius 3 is 1.33 bits per heavy atom. The summed E-state index contributed by atoms with van der Waals surface area (Å²) >= 11 is 0. The fourth-order valence-electron chi connectivity index (χ4n) is 9.61. The summed E-state index contributed by atoms with van der Waals surface area (Å²) in [5.74, 6) is -4.36. The zero-order valence-corrected chi connectivity index (χ0v) is 52.5. The third-order valence-corrected chi connectivity index (χ3v) is 14.1. The number of ether oxygens (including phenoxy) is 4. The fraction of sp³-hybridized carbons (Fsp3) is 0.557. The van der Waals surface area contributed by atoms with E-state index in [9.17, 15) is 28.8 Å². The first-order valence-corrected chi connectivity index (χ1v) is 31.1. The summed E-state index contributed by atoms with van der Waals surface area (Å²) < 4.78 is 23.2. The second kappa shape index (κ2) is 40.4. The summed E-state index contributed by atoms with van der Waals surface area (Å²) in [6, 6.07) is 31.5. The van der Waals surface area contributed by atoms with E-state index in [4.69, 9.17) is 28.8 Å². The Bertz CT molecular complexity index is 2550. The molecule has 5 N–H and O–H groups in total. The number of carboxylic acids is 1. The van der Waals surface area contributed by atoms with Gasteiger partial charge < -0.3 is 45.2 Å². The van der Waals surface area contributed by atoms with Crippen molar-refractivity contribution in [2.75, 3.05) is 6.54 Å². The number of rotatable bonds is 40. The summed E-state index contributed by atoms with van der Waals surface area (Å²) in [6.07, 6.45) is 16.4. The predicted molar refractivity (Wildman–Crippen MR) is 331 cm³/mol. The third kappa shape index (κ3) is 34.6. The summed E-state index contributed by atoms with van der Waals surface area (Å²) in [5, 5.41) is 14.9. The number of esters is 2. The van der Waals surface area contributed by atoms with Crippen molar-refractivity contribution in [3.63, 3.8) is 0 Å². The van der Waals surface area contributed by atoms with Crippen LogP contribution in [-0.4, -0.2) is 71.1 Å². The lowest BCUT2D eigenvalue weighted by molar-refractivity contribution is -0.402. The molecule has 0 saturated heterocycles. The van der Waals surface area contributed by atoms with E-state index in [-0.39, 0.29) is 75.5 Å². The van der Waals surface area contributed by atoms with E-state index in [1.165, 1.54) is 64.2 Å². The fourth-order valence-corrected chi connectivity index (χ4v) is 9.61. The van der Waals surface area contributed by atoms with Crippen LogP contribution in [0.1, 0.15) is 206 Å². The Balaban J connectivity index is 0.00000458. The zero-order valence-electron chi connectivity index (χ0n) is 52.5. The Morgan fingerprint density at radius 2 is 0.894 bits per heavy atom. The molecule has 0 aliphatic carbocycles. The number of nitrogens with one attached hydrogen (secondary N) is 2. The smallest absolute Gasteiger partial charge is 0.306 e.